The number of fused-ring (bicyclic) bond motifs is 2. The molecule has 0 saturated carbocycles. The van der Waals surface area contributed by atoms with Gasteiger partial charge in [0.25, 0.3) is 5.91 Å². The fourth-order valence-electron chi connectivity index (χ4n) is 4.01. The molecule has 4 rings (SSSR count). The number of benzene rings is 1. The van der Waals surface area contributed by atoms with E-state index < -0.39 is 6.04 Å². The van der Waals surface area contributed by atoms with Gasteiger partial charge in [0.1, 0.15) is 12.6 Å². The zero-order chi connectivity index (χ0) is 18.1. The first-order chi connectivity index (χ1) is 12.6. The lowest BCUT2D eigenvalue weighted by Gasteiger charge is -2.25. The zero-order valence-corrected chi connectivity index (χ0v) is 14.6. The summed E-state index contributed by atoms with van der Waals surface area (Å²) in [4.78, 5) is 41.4. The molecule has 7 heteroatoms. The van der Waals surface area contributed by atoms with E-state index in [1.54, 1.807) is 29.2 Å². The maximum Gasteiger partial charge on any atom is 0.256 e. The molecular weight excluding hydrogens is 334 g/mol. The lowest BCUT2D eigenvalue weighted by molar-refractivity contribution is -0.125. The topological polar surface area (TPSA) is 79.0 Å². The molecule has 2 fully saturated rings. The van der Waals surface area contributed by atoms with Crippen LogP contribution in [-0.4, -0.2) is 61.0 Å². The number of nitrogens with one attached hydrogen (secondary N) is 1. The van der Waals surface area contributed by atoms with Crippen LogP contribution in [0.2, 0.25) is 0 Å². The third-order valence-electron chi connectivity index (χ3n) is 5.34. The Morgan fingerprint density at radius 3 is 2.85 bits per heavy atom. The van der Waals surface area contributed by atoms with Gasteiger partial charge in [0.2, 0.25) is 11.8 Å². The maximum absolute atomic E-state index is 13.1. The van der Waals surface area contributed by atoms with E-state index in [0.717, 1.165) is 25.9 Å². The number of carbonyl (C=O) groups excluding carboxylic acids is 3. The molecule has 2 saturated heterocycles. The van der Waals surface area contributed by atoms with Crippen LogP contribution in [0.5, 0.6) is 0 Å². The standard InChI is InChI=1S/C19H23N3O4/c23-17(20-11-13-5-4-10-26-13)12-22-15-7-2-1-6-14(15)18(24)21-9-3-8-16(21)19(22)25/h1-2,6-7,13,16H,3-5,8-12H2,(H,20,23). The van der Waals surface area contributed by atoms with Crippen molar-refractivity contribution >= 4 is 23.4 Å². The van der Waals surface area contributed by atoms with Crippen LogP contribution < -0.4 is 10.2 Å². The highest BCUT2D eigenvalue weighted by Gasteiger charge is 2.42. The zero-order valence-electron chi connectivity index (χ0n) is 14.6. The Balaban J connectivity index is 1.55. The number of amides is 3. The Bertz CT molecular complexity index is 729. The minimum absolute atomic E-state index is 0.0537. The highest BCUT2D eigenvalue weighted by atomic mass is 16.5. The van der Waals surface area contributed by atoms with Crippen LogP contribution in [0.15, 0.2) is 24.3 Å². The quantitative estimate of drug-likeness (QED) is 0.870. The first-order valence-corrected chi connectivity index (χ1v) is 9.25. The number of anilines is 1. The Hall–Kier alpha value is -2.41. The molecule has 7 nitrogen and oxygen atoms in total. The molecule has 0 spiro atoms. The lowest BCUT2D eigenvalue weighted by atomic mass is 10.1. The van der Waals surface area contributed by atoms with Crippen molar-refractivity contribution < 1.29 is 19.1 Å². The Morgan fingerprint density at radius 1 is 1.19 bits per heavy atom. The van der Waals surface area contributed by atoms with E-state index in [1.807, 2.05) is 0 Å². The van der Waals surface area contributed by atoms with Crippen molar-refractivity contribution in [2.24, 2.45) is 0 Å². The minimum atomic E-state index is -0.471. The third-order valence-corrected chi connectivity index (χ3v) is 5.34. The van der Waals surface area contributed by atoms with E-state index in [-0.39, 0.29) is 30.4 Å². The summed E-state index contributed by atoms with van der Waals surface area (Å²) >= 11 is 0. The molecule has 3 amide bonds. The van der Waals surface area contributed by atoms with Crippen molar-refractivity contribution in [3.8, 4) is 0 Å². The molecule has 1 aromatic carbocycles. The molecule has 0 bridgehead atoms. The normalized spacial score (nSPS) is 25.1. The van der Waals surface area contributed by atoms with Crippen molar-refractivity contribution in [1.29, 1.82) is 0 Å². The van der Waals surface area contributed by atoms with E-state index in [0.29, 0.717) is 30.8 Å². The number of hydrogen-bond acceptors (Lipinski definition) is 4. The van der Waals surface area contributed by atoms with Gasteiger partial charge in [0.05, 0.1) is 17.4 Å². The van der Waals surface area contributed by atoms with E-state index >= 15 is 0 Å². The largest absolute Gasteiger partial charge is 0.376 e. The predicted octanol–water partition coefficient (Wildman–Crippen LogP) is 0.933. The van der Waals surface area contributed by atoms with Crippen molar-refractivity contribution in [3.63, 3.8) is 0 Å². The van der Waals surface area contributed by atoms with Crippen molar-refractivity contribution in [3.05, 3.63) is 29.8 Å². The number of hydrogen-bond donors (Lipinski definition) is 1. The van der Waals surface area contributed by atoms with Crippen LogP contribution in [0.4, 0.5) is 5.69 Å². The van der Waals surface area contributed by atoms with Gasteiger partial charge in [-0.1, -0.05) is 12.1 Å². The van der Waals surface area contributed by atoms with Gasteiger partial charge in [-0.15, -0.1) is 0 Å². The van der Waals surface area contributed by atoms with E-state index in [4.69, 9.17) is 4.74 Å². The smallest absolute Gasteiger partial charge is 0.256 e. The molecule has 3 aliphatic heterocycles. The van der Waals surface area contributed by atoms with Gasteiger partial charge in [-0.05, 0) is 37.8 Å². The maximum atomic E-state index is 13.1. The second kappa shape index (κ2) is 7.07. The van der Waals surface area contributed by atoms with E-state index in [1.165, 1.54) is 4.90 Å². The molecule has 2 unspecified atom stereocenters. The Kier molecular flexibility index (Phi) is 4.63. The van der Waals surface area contributed by atoms with Gasteiger partial charge in [-0.3, -0.25) is 14.4 Å². The third kappa shape index (κ3) is 3.07. The van der Waals surface area contributed by atoms with Gasteiger partial charge in [0, 0.05) is 19.7 Å². The van der Waals surface area contributed by atoms with E-state index in [9.17, 15) is 14.4 Å². The molecule has 26 heavy (non-hydrogen) atoms. The van der Waals surface area contributed by atoms with Crippen molar-refractivity contribution in [2.45, 2.75) is 37.8 Å². The van der Waals surface area contributed by atoms with Crippen molar-refractivity contribution in [2.75, 3.05) is 31.1 Å². The summed E-state index contributed by atoms with van der Waals surface area (Å²) < 4.78 is 5.51. The molecule has 0 aliphatic carbocycles. The summed E-state index contributed by atoms with van der Waals surface area (Å²) in [5.41, 5.74) is 1.00. The number of rotatable bonds is 4. The first kappa shape index (κ1) is 17.0. The van der Waals surface area contributed by atoms with Gasteiger partial charge in [0.15, 0.2) is 0 Å². The van der Waals surface area contributed by atoms with Crippen LogP contribution in [0.1, 0.15) is 36.0 Å². The highest BCUT2D eigenvalue weighted by molar-refractivity contribution is 6.12. The molecule has 1 aromatic rings. The molecule has 138 valence electrons. The molecular formula is C19H23N3O4. The van der Waals surface area contributed by atoms with Crippen LogP contribution in [0, 0.1) is 0 Å². The molecule has 2 atom stereocenters. The number of ether oxygens (including phenoxy) is 1. The first-order valence-electron chi connectivity index (χ1n) is 9.25. The molecule has 3 heterocycles. The second-order valence-corrected chi connectivity index (χ2v) is 7.04. The van der Waals surface area contributed by atoms with Crippen LogP contribution in [0.25, 0.3) is 0 Å². The van der Waals surface area contributed by atoms with Gasteiger partial charge < -0.3 is 19.9 Å². The number of carbonyl (C=O) groups is 3. The lowest BCUT2D eigenvalue weighted by Crippen LogP contribution is -2.48. The summed E-state index contributed by atoms with van der Waals surface area (Å²) in [6, 6.07) is 6.56. The van der Waals surface area contributed by atoms with Crippen LogP contribution in [-0.2, 0) is 14.3 Å². The SMILES string of the molecule is O=C(CN1C(=O)C2CCCN2C(=O)c2ccccc21)NCC1CCCO1. The monoisotopic (exact) mass is 357 g/mol. The average molecular weight is 357 g/mol. The minimum Gasteiger partial charge on any atom is -0.376 e. The summed E-state index contributed by atoms with van der Waals surface area (Å²) in [6.45, 7) is 1.69. The molecule has 0 aromatic heterocycles. The Labute approximate surface area is 152 Å². The highest BCUT2D eigenvalue weighted by Crippen LogP contribution is 2.32. The average Bonchev–Trinajstić information content (AvgIpc) is 3.33. The Morgan fingerprint density at radius 2 is 2.04 bits per heavy atom. The summed E-state index contributed by atoms with van der Waals surface area (Å²) in [7, 11) is 0. The fraction of sp³-hybridized carbons (Fsp3) is 0.526. The second-order valence-electron chi connectivity index (χ2n) is 7.04. The van der Waals surface area contributed by atoms with Gasteiger partial charge in [-0.25, -0.2) is 0 Å². The fourth-order valence-corrected chi connectivity index (χ4v) is 4.01. The summed E-state index contributed by atoms with van der Waals surface area (Å²) in [5, 5.41) is 2.86. The van der Waals surface area contributed by atoms with Crippen LogP contribution >= 0.6 is 0 Å². The molecule has 0 radical (unpaired) electrons. The van der Waals surface area contributed by atoms with Crippen molar-refractivity contribution in [1.82, 2.24) is 10.2 Å². The van der Waals surface area contributed by atoms with Crippen LogP contribution in [0.3, 0.4) is 0 Å². The van der Waals surface area contributed by atoms with E-state index in [2.05, 4.69) is 5.32 Å². The molecule has 3 aliphatic rings. The summed E-state index contributed by atoms with van der Waals surface area (Å²) in [6.07, 6.45) is 3.46. The molecule has 1 N–H and O–H groups in total. The predicted molar refractivity (Wildman–Crippen MR) is 94.8 cm³/mol. The summed E-state index contributed by atoms with van der Waals surface area (Å²) in [5.74, 6) is -0.533. The van der Waals surface area contributed by atoms with Gasteiger partial charge >= 0.3 is 0 Å². The van der Waals surface area contributed by atoms with Gasteiger partial charge in [-0.2, -0.15) is 0 Å². The number of para-hydroxylation sites is 1. The number of nitrogens with zero attached hydrogens (tertiary/aromatic N) is 2.